The molecular formula is C35H39FN8O4. The molecule has 3 saturated heterocycles. The Bertz CT molecular complexity index is 1700. The van der Waals surface area contributed by atoms with E-state index < -0.39 is 12.3 Å². The number of carbonyl (C=O) groups is 2. The minimum atomic E-state index is -1.42. The summed E-state index contributed by atoms with van der Waals surface area (Å²) < 4.78 is 26.5. The van der Waals surface area contributed by atoms with Gasteiger partial charge in [0, 0.05) is 74.3 Å². The fourth-order valence-corrected chi connectivity index (χ4v) is 7.07. The maximum Gasteiger partial charge on any atom is 0.230 e. The molecule has 250 valence electrons. The predicted octanol–water partition coefficient (Wildman–Crippen LogP) is 3.75. The number of carbonyl (C=O) groups excluding carboxylic acids is 2. The van der Waals surface area contributed by atoms with Crippen molar-refractivity contribution in [3.63, 3.8) is 0 Å². The molecule has 4 aliphatic rings. The fourth-order valence-electron chi connectivity index (χ4n) is 7.07. The third-order valence-electron chi connectivity index (χ3n) is 9.85. The van der Waals surface area contributed by atoms with E-state index in [0.717, 1.165) is 38.5 Å². The van der Waals surface area contributed by atoms with E-state index in [0.29, 0.717) is 48.8 Å². The number of amides is 1. The Morgan fingerprint density at radius 2 is 1.92 bits per heavy atom. The zero-order valence-corrected chi connectivity index (χ0v) is 26.9. The predicted molar refractivity (Wildman–Crippen MR) is 176 cm³/mol. The van der Waals surface area contributed by atoms with E-state index >= 15 is 4.39 Å². The molecular weight excluding hydrogens is 615 g/mol. The number of ketones is 1. The Morgan fingerprint density at radius 1 is 1.08 bits per heavy atom. The molecule has 3 aromatic rings. The average molecular weight is 655 g/mol. The van der Waals surface area contributed by atoms with E-state index in [1.807, 2.05) is 12.1 Å². The van der Waals surface area contributed by atoms with Crippen LogP contribution in [-0.2, 0) is 14.3 Å². The molecule has 1 amide bonds. The fraction of sp³-hybridized carbons (Fsp3) is 0.486. The van der Waals surface area contributed by atoms with Crippen molar-refractivity contribution in [3.8, 4) is 23.2 Å². The number of nitrogens with one attached hydrogen (secondary N) is 1. The lowest BCUT2D eigenvalue weighted by molar-refractivity contribution is -0.139. The van der Waals surface area contributed by atoms with Crippen molar-refractivity contribution in [2.24, 2.45) is 5.92 Å². The highest BCUT2D eigenvalue weighted by atomic mass is 19.1. The van der Waals surface area contributed by atoms with Gasteiger partial charge in [-0.3, -0.25) is 14.5 Å². The average Bonchev–Trinajstić information content (AvgIpc) is 3.52. The second kappa shape index (κ2) is 13.8. The van der Waals surface area contributed by atoms with Gasteiger partial charge in [0.15, 0.2) is 12.0 Å². The van der Waals surface area contributed by atoms with Gasteiger partial charge in [-0.15, -0.1) is 0 Å². The van der Waals surface area contributed by atoms with Gasteiger partial charge in [0.1, 0.15) is 30.0 Å². The molecule has 0 bridgehead atoms. The van der Waals surface area contributed by atoms with Crippen LogP contribution in [0.2, 0.25) is 0 Å². The first-order valence-corrected chi connectivity index (χ1v) is 16.6. The van der Waals surface area contributed by atoms with Crippen LogP contribution in [0, 0.1) is 17.2 Å². The third-order valence-corrected chi connectivity index (χ3v) is 9.85. The summed E-state index contributed by atoms with van der Waals surface area (Å²) in [5.41, 5.74) is 2.81. The van der Waals surface area contributed by atoms with Gasteiger partial charge in [-0.1, -0.05) is 0 Å². The van der Waals surface area contributed by atoms with Crippen molar-refractivity contribution in [2.75, 3.05) is 56.2 Å². The molecule has 4 atom stereocenters. The molecule has 0 spiro atoms. The number of benzene rings is 2. The van der Waals surface area contributed by atoms with Gasteiger partial charge in [-0.2, -0.15) is 10.2 Å². The van der Waals surface area contributed by atoms with E-state index in [2.05, 4.69) is 55.2 Å². The summed E-state index contributed by atoms with van der Waals surface area (Å²) in [6.45, 7) is 7.14. The summed E-state index contributed by atoms with van der Waals surface area (Å²) in [6.07, 6.45) is 0.663. The summed E-state index contributed by atoms with van der Waals surface area (Å²) in [4.78, 5) is 44.0. The Labute approximate surface area is 278 Å². The SMILES string of the molecule is C[C@@H]1CN(c2ccc(Nc3ncnc(-c4ccc(O[C@H]5CCN(C(=O)C6CCC(=O)C6)C[C@H]5F)c(C#N)c4)n3)cc2)CCN1C1COC1. The molecule has 12 nitrogen and oxygen atoms in total. The van der Waals surface area contributed by atoms with E-state index in [1.165, 1.54) is 16.9 Å². The van der Waals surface area contributed by atoms with Gasteiger partial charge in [-0.05, 0) is 55.8 Å². The smallest absolute Gasteiger partial charge is 0.230 e. The topological polar surface area (TPSA) is 137 Å². The first-order valence-electron chi connectivity index (χ1n) is 16.6. The summed E-state index contributed by atoms with van der Waals surface area (Å²) in [7, 11) is 0. The van der Waals surface area contributed by atoms with Crippen LogP contribution < -0.4 is 15.0 Å². The molecule has 48 heavy (non-hydrogen) atoms. The lowest BCUT2D eigenvalue weighted by atomic mass is 10.0. The van der Waals surface area contributed by atoms with Crippen LogP contribution in [0.25, 0.3) is 11.4 Å². The number of halogens is 1. The van der Waals surface area contributed by atoms with E-state index in [1.54, 1.807) is 18.2 Å². The number of piperidine rings is 1. The lowest BCUT2D eigenvalue weighted by Gasteiger charge is -2.47. The second-order valence-corrected chi connectivity index (χ2v) is 13.1. The number of piperazine rings is 1. The number of aromatic nitrogens is 3. The molecule has 3 aliphatic heterocycles. The number of ether oxygens (including phenoxy) is 2. The number of likely N-dealkylation sites (tertiary alicyclic amines) is 1. The molecule has 4 fully saturated rings. The highest BCUT2D eigenvalue weighted by Gasteiger charge is 2.38. The number of hydrogen-bond acceptors (Lipinski definition) is 11. The number of nitrogens with zero attached hydrogens (tertiary/aromatic N) is 7. The van der Waals surface area contributed by atoms with Crippen LogP contribution in [0.5, 0.6) is 5.75 Å². The van der Waals surface area contributed by atoms with Crippen LogP contribution in [0.15, 0.2) is 48.8 Å². The minimum Gasteiger partial charge on any atom is -0.486 e. The van der Waals surface area contributed by atoms with Crippen LogP contribution in [-0.4, -0.2) is 107 Å². The Balaban J connectivity index is 0.961. The van der Waals surface area contributed by atoms with Crippen molar-refractivity contribution >= 4 is 29.0 Å². The minimum absolute atomic E-state index is 0.0840. The Hall–Kier alpha value is -4.67. The van der Waals surface area contributed by atoms with E-state index in [4.69, 9.17) is 9.47 Å². The second-order valence-electron chi connectivity index (χ2n) is 13.1. The zero-order chi connectivity index (χ0) is 33.2. The van der Waals surface area contributed by atoms with Crippen molar-refractivity contribution in [3.05, 3.63) is 54.4 Å². The Kier molecular flexibility index (Phi) is 9.19. The van der Waals surface area contributed by atoms with Crippen LogP contribution >= 0.6 is 0 Å². The molecule has 1 saturated carbocycles. The van der Waals surface area contributed by atoms with Gasteiger partial charge < -0.3 is 24.6 Å². The highest BCUT2D eigenvalue weighted by Crippen LogP contribution is 2.31. The summed E-state index contributed by atoms with van der Waals surface area (Å²) >= 11 is 0. The van der Waals surface area contributed by atoms with Gasteiger partial charge in [0.2, 0.25) is 11.9 Å². The van der Waals surface area contributed by atoms with E-state index in [9.17, 15) is 14.9 Å². The van der Waals surface area contributed by atoms with Crippen molar-refractivity contribution in [1.82, 2.24) is 24.8 Å². The number of anilines is 3. The summed E-state index contributed by atoms with van der Waals surface area (Å²) in [6, 6.07) is 16.3. The quantitative estimate of drug-likeness (QED) is 0.380. The summed E-state index contributed by atoms with van der Waals surface area (Å²) in [5, 5.41) is 13.1. The lowest BCUT2D eigenvalue weighted by Crippen LogP contribution is -2.60. The molecule has 4 heterocycles. The number of nitriles is 1. The van der Waals surface area contributed by atoms with Crippen LogP contribution in [0.3, 0.4) is 0 Å². The number of Topliss-reactive ketones (excluding diaryl/α,β-unsaturated/α-hetero) is 1. The van der Waals surface area contributed by atoms with Crippen LogP contribution in [0.4, 0.5) is 21.7 Å². The highest BCUT2D eigenvalue weighted by molar-refractivity contribution is 5.90. The first kappa shape index (κ1) is 31.9. The van der Waals surface area contributed by atoms with Gasteiger partial charge >= 0.3 is 0 Å². The van der Waals surface area contributed by atoms with Gasteiger partial charge in [0.05, 0.1) is 31.4 Å². The molecule has 7 rings (SSSR count). The molecule has 1 aromatic heterocycles. The number of hydrogen-bond donors (Lipinski definition) is 1. The molecule has 1 N–H and O–H groups in total. The summed E-state index contributed by atoms with van der Waals surface area (Å²) in [5.74, 6) is 0.569. The molecule has 1 aliphatic carbocycles. The van der Waals surface area contributed by atoms with Crippen molar-refractivity contribution in [1.29, 1.82) is 5.26 Å². The maximum atomic E-state index is 15.2. The van der Waals surface area contributed by atoms with Crippen molar-refractivity contribution in [2.45, 2.75) is 57.0 Å². The maximum absolute atomic E-state index is 15.2. The third kappa shape index (κ3) is 6.81. The molecule has 0 radical (unpaired) electrons. The number of alkyl halides is 1. The Morgan fingerprint density at radius 3 is 2.60 bits per heavy atom. The zero-order valence-electron chi connectivity index (χ0n) is 26.9. The molecule has 2 aromatic carbocycles. The van der Waals surface area contributed by atoms with E-state index in [-0.39, 0.29) is 48.3 Å². The van der Waals surface area contributed by atoms with Crippen molar-refractivity contribution < 1.29 is 23.5 Å². The standard InChI is InChI=1S/C35H39FN8O4/c1-22-17-42(12-13-44(22)28-19-47-20-28)27-6-4-26(5-7-27)40-35-39-21-38-33(41-35)23-3-9-31(25(14-23)16-37)48-32-10-11-43(18-30(32)36)34(46)24-2-8-29(45)15-24/h3-7,9,14,21-22,24,28,30,32H,2,8,10-13,15,17-20H2,1H3,(H,38,39,40,41)/t22-,24?,30-,32+/m1/s1. The molecule has 13 heteroatoms. The first-order chi connectivity index (χ1) is 23.3. The normalized spacial score (nSPS) is 25.0. The number of rotatable bonds is 8. The van der Waals surface area contributed by atoms with Gasteiger partial charge in [0.25, 0.3) is 0 Å². The van der Waals surface area contributed by atoms with Gasteiger partial charge in [-0.25, -0.2) is 14.4 Å². The monoisotopic (exact) mass is 654 g/mol. The molecule has 1 unspecified atom stereocenters. The largest absolute Gasteiger partial charge is 0.486 e. The van der Waals surface area contributed by atoms with Crippen LogP contribution in [0.1, 0.15) is 38.2 Å².